The van der Waals surface area contributed by atoms with Crippen molar-refractivity contribution in [2.24, 2.45) is 0 Å². The van der Waals surface area contributed by atoms with Gasteiger partial charge in [0.05, 0.1) is 0 Å². The van der Waals surface area contributed by atoms with Crippen LogP contribution in [0.5, 0.6) is 0 Å². The molecule has 25 heavy (non-hydrogen) atoms. The molecule has 0 aliphatic rings. The normalized spacial score (nSPS) is 10.5. The van der Waals surface area contributed by atoms with Gasteiger partial charge in [0.15, 0.2) is 5.69 Å². The summed E-state index contributed by atoms with van der Waals surface area (Å²) in [6, 6.07) is 15.2. The number of aromatic nitrogens is 2. The van der Waals surface area contributed by atoms with Crippen molar-refractivity contribution < 1.29 is 9.59 Å². The van der Waals surface area contributed by atoms with E-state index in [0.717, 1.165) is 10.2 Å². The zero-order valence-corrected chi connectivity index (χ0v) is 14.5. The van der Waals surface area contributed by atoms with Crippen molar-refractivity contribution in [1.29, 1.82) is 0 Å². The lowest BCUT2D eigenvalue weighted by molar-refractivity contribution is 0.0935. The van der Waals surface area contributed by atoms with E-state index in [1.54, 1.807) is 30.3 Å². The second-order valence-corrected chi connectivity index (χ2v) is 6.08. The van der Waals surface area contributed by atoms with Gasteiger partial charge in [0, 0.05) is 28.4 Å². The summed E-state index contributed by atoms with van der Waals surface area (Å²) >= 11 is 11.9. The van der Waals surface area contributed by atoms with Crippen LogP contribution in [0.2, 0.25) is 10.0 Å². The molecule has 1 heterocycles. The first-order chi connectivity index (χ1) is 12.0. The fourth-order valence-electron chi connectivity index (χ4n) is 2.22. The van der Waals surface area contributed by atoms with Crippen LogP contribution in [0.25, 0.3) is 0 Å². The van der Waals surface area contributed by atoms with Crippen LogP contribution in [0.3, 0.4) is 0 Å². The molecular weight excluding hydrogens is 361 g/mol. The lowest BCUT2D eigenvalue weighted by atomic mass is 10.2. The molecule has 2 aromatic carbocycles. The predicted molar refractivity (Wildman–Crippen MR) is 96.0 cm³/mol. The molecule has 0 bridgehead atoms. The summed E-state index contributed by atoms with van der Waals surface area (Å²) in [4.78, 5) is 24.5. The standard InChI is InChI=1S/C18H13Cl2N3O2/c19-14-6-3-5-12(10-14)18(25)23-9-8-16(22-23)17(24)21-11-13-4-1-2-7-15(13)20/h1-10H,11H2,(H,21,24). The zero-order chi connectivity index (χ0) is 17.8. The number of hydrogen-bond acceptors (Lipinski definition) is 3. The van der Waals surface area contributed by atoms with Crippen LogP contribution < -0.4 is 5.32 Å². The van der Waals surface area contributed by atoms with E-state index in [0.29, 0.717) is 15.6 Å². The maximum absolute atomic E-state index is 12.4. The number of benzene rings is 2. The minimum Gasteiger partial charge on any atom is -0.347 e. The third-order valence-electron chi connectivity index (χ3n) is 3.50. The Labute approximate surface area is 154 Å². The number of nitrogens with zero attached hydrogens (tertiary/aromatic N) is 2. The predicted octanol–water partition coefficient (Wildman–Crippen LogP) is 3.81. The molecule has 1 aromatic heterocycles. The first kappa shape index (κ1) is 17.2. The van der Waals surface area contributed by atoms with Gasteiger partial charge in [-0.25, -0.2) is 4.68 Å². The number of carbonyl (C=O) groups is 2. The van der Waals surface area contributed by atoms with Gasteiger partial charge in [-0.2, -0.15) is 5.10 Å². The smallest absolute Gasteiger partial charge is 0.278 e. The van der Waals surface area contributed by atoms with E-state index in [9.17, 15) is 9.59 Å². The molecule has 5 nitrogen and oxygen atoms in total. The van der Waals surface area contributed by atoms with Crippen molar-refractivity contribution in [2.75, 3.05) is 0 Å². The summed E-state index contributed by atoms with van der Waals surface area (Å²) in [5.41, 5.74) is 1.33. The molecule has 126 valence electrons. The molecule has 0 radical (unpaired) electrons. The Kier molecular flexibility index (Phi) is 5.16. The summed E-state index contributed by atoms with van der Waals surface area (Å²) in [5.74, 6) is -0.759. The molecule has 0 aliphatic heterocycles. The third kappa shape index (κ3) is 4.07. The highest BCUT2D eigenvalue weighted by Gasteiger charge is 2.14. The van der Waals surface area contributed by atoms with Crippen molar-refractivity contribution in [3.63, 3.8) is 0 Å². The van der Waals surface area contributed by atoms with E-state index in [1.807, 2.05) is 18.2 Å². The first-order valence-corrected chi connectivity index (χ1v) is 8.18. The van der Waals surface area contributed by atoms with Crippen molar-refractivity contribution in [2.45, 2.75) is 6.54 Å². The van der Waals surface area contributed by atoms with Crippen LogP contribution >= 0.6 is 23.2 Å². The minimum atomic E-state index is -0.391. The largest absolute Gasteiger partial charge is 0.347 e. The van der Waals surface area contributed by atoms with Gasteiger partial charge < -0.3 is 5.32 Å². The average Bonchev–Trinajstić information content (AvgIpc) is 3.10. The summed E-state index contributed by atoms with van der Waals surface area (Å²) in [5, 5.41) is 7.78. The second-order valence-electron chi connectivity index (χ2n) is 5.24. The molecule has 3 aromatic rings. The van der Waals surface area contributed by atoms with Gasteiger partial charge in [-0.15, -0.1) is 0 Å². The fourth-order valence-corrected chi connectivity index (χ4v) is 2.61. The number of halogens is 2. The Balaban J connectivity index is 1.69. The van der Waals surface area contributed by atoms with Gasteiger partial charge in [0.25, 0.3) is 11.8 Å². The van der Waals surface area contributed by atoms with Gasteiger partial charge in [-0.05, 0) is 35.9 Å². The number of rotatable bonds is 4. The molecule has 7 heteroatoms. The minimum absolute atomic E-state index is 0.141. The Bertz CT molecular complexity index is 937. The van der Waals surface area contributed by atoms with Gasteiger partial charge in [-0.3, -0.25) is 9.59 Å². The summed E-state index contributed by atoms with van der Waals surface area (Å²) in [7, 11) is 0. The van der Waals surface area contributed by atoms with Crippen LogP contribution in [0.1, 0.15) is 26.4 Å². The molecule has 0 atom stereocenters. The molecule has 0 saturated heterocycles. The average molecular weight is 374 g/mol. The van der Waals surface area contributed by atoms with Crippen molar-refractivity contribution >= 4 is 35.0 Å². The summed E-state index contributed by atoms with van der Waals surface area (Å²) in [6.45, 7) is 0.271. The highest BCUT2D eigenvalue weighted by molar-refractivity contribution is 6.31. The van der Waals surface area contributed by atoms with Crippen molar-refractivity contribution in [3.05, 3.63) is 87.7 Å². The molecular formula is C18H13Cl2N3O2. The van der Waals surface area contributed by atoms with Gasteiger partial charge in [0.1, 0.15) is 0 Å². The van der Waals surface area contributed by atoms with E-state index >= 15 is 0 Å². The Morgan fingerprint density at radius 1 is 1.04 bits per heavy atom. The van der Waals surface area contributed by atoms with Crippen molar-refractivity contribution in [3.8, 4) is 0 Å². The molecule has 0 spiro atoms. The van der Waals surface area contributed by atoms with E-state index in [1.165, 1.54) is 12.3 Å². The van der Waals surface area contributed by atoms with Crippen LogP contribution in [-0.4, -0.2) is 21.6 Å². The van der Waals surface area contributed by atoms with Gasteiger partial charge >= 0.3 is 0 Å². The maximum atomic E-state index is 12.4. The van der Waals surface area contributed by atoms with E-state index in [2.05, 4.69) is 10.4 Å². The Morgan fingerprint density at radius 2 is 1.84 bits per heavy atom. The van der Waals surface area contributed by atoms with Gasteiger partial charge in [0.2, 0.25) is 0 Å². The second kappa shape index (κ2) is 7.51. The molecule has 0 saturated carbocycles. The summed E-state index contributed by atoms with van der Waals surface area (Å²) < 4.78 is 1.11. The zero-order valence-electron chi connectivity index (χ0n) is 12.9. The van der Waals surface area contributed by atoms with Crippen LogP contribution in [0.15, 0.2) is 60.8 Å². The van der Waals surface area contributed by atoms with Gasteiger partial charge in [-0.1, -0.05) is 47.5 Å². The highest BCUT2D eigenvalue weighted by Crippen LogP contribution is 2.15. The van der Waals surface area contributed by atoms with Crippen LogP contribution in [-0.2, 0) is 6.54 Å². The van der Waals surface area contributed by atoms with Crippen LogP contribution in [0, 0.1) is 0 Å². The SMILES string of the molecule is O=C(NCc1ccccc1Cl)c1ccn(C(=O)c2cccc(Cl)c2)n1. The quantitative estimate of drug-likeness (QED) is 0.756. The Hall–Kier alpha value is -2.63. The lowest BCUT2D eigenvalue weighted by Gasteiger charge is -2.05. The molecule has 1 amide bonds. The maximum Gasteiger partial charge on any atom is 0.278 e. The first-order valence-electron chi connectivity index (χ1n) is 7.42. The summed E-state index contributed by atoms with van der Waals surface area (Å²) in [6.07, 6.45) is 1.44. The number of carbonyl (C=O) groups excluding carboxylic acids is 2. The van der Waals surface area contributed by atoms with E-state index in [4.69, 9.17) is 23.2 Å². The fraction of sp³-hybridized carbons (Fsp3) is 0.0556. The van der Waals surface area contributed by atoms with E-state index < -0.39 is 5.91 Å². The Morgan fingerprint density at radius 3 is 2.60 bits per heavy atom. The molecule has 0 fully saturated rings. The van der Waals surface area contributed by atoms with Crippen LogP contribution in [0.4, 0.5) is 0 Å². The lowest BCUT2D eigenvalue weighted by Crippen LogP contribution is -2.24. The number of amides is 1. The third-order valence-corrected chi connectivity index (χ3v) is 4.10. The number of nitrogens with one attached hydrogen (secondary N) is 1. The molecule has 0 aliphatic carbocycles. The molecule has 0 unspecified atom stereocenters. The molecule has 3 rings (SSSR count). The van der Waals surface area contributed by atoms with Crippen molar-refractivity contribution in [1.82, 2.24) is 15.1 Å². The number of hydrogen-bond donors (Lipinski definition) is 1. The molecule has 1 N–H and O–H groups in total. The topological polar surface area (TPSA) is 64.0 Å². The monoisotopic (exact) mass is 373 g/mol. The van der Waals surface area contributed by atoms with E-state index in [-0.39, 0.29) is 18.1 Å². The highest BCUT2D eigenvalue weighted by atomic mass is 35.5.